The number of hydrogen-bond acceptors (Lipinski definition) is 3. The van der Waals surface area contributed by atoms with E-state index in [4.69, 9.17) is 10.5 Å². The fourth-order valence-corrected chi connectivity index (χ4v) is 2.01. The van der Waals surface area contributed by atoms with E-state index in [0.717, 1.165) is 26.1 Å². The molecule has 0 aliphatic carbocycles. The molecule has 1 rings (SSSR count). The number of ether oxygens (including phenoxy) is 1. The molecule has 0 fully saturated rings. The Morgan fingerprint density at radius 2 is 1.89 bits per heavy atom. The van der Waals surface area contributed by atoms with Gasteiger partial charge in [-0.05, 0) is 36.6 Å². The molecule has 0 bridgehead atoms. The highest BCUT2D eigenvalue weighted by Gasteiger charge is 2.08. The smallest absolute Gasteiger partial charge is 0.0637 e. The average Bonchev–Trinajstić information content (AvgIpc) is 2.35. The lowest BCUT2D eigenvalue weighted by Crippen LogP contribution is -2.30. The van der Waals surface area contributed by atoms with Crippen molar-refractivity contribution in [3.05, 3.63) is 29.8 Å². The predicted octanol–water partition coefficient (Wildman–Crippen LogP) is 2.30. The zero-order chi connectivity index (χ0) is 13.4. The quantitative estimate of drug-likeness (QED) is 0.769. The Hall–Kier alpha value is -1.06. The number of nitrogens with zero attached hydrogens (tertiary/aromatic N) is 1. The van der Waals surface area contributed by atoms with E-state index < -0.39 is 0 Å². The molecule has 0 aliphatic heterocycles. The molecule has 18 heavy (non-hydrogen) atoms. The van der Waals surface area contributed by atoms with Crippen molar-refractivity contribution in [2.75, 3.05) is 38.3 Å². The summed E-state index contributed by atoms with van der Waals surface area (Å²) >= 11 is 0. The fraction of sp³-hybridized carbons (Fsp3) is 0.600. The molecule has 3 nitrogen and oxygen atoms in total. The van der Waals surface area contributed by atoms with Crippen molar-refractivity contribution in [3.8, 4) is 0 Å². The van der Waals surface area contributed by atoms with E-state index in [2.05, 4.69) is 43.0 Å². The van der Waals surface area contributed by atoms with E-state index >= 15 is 0 Å². The van der Waals surface area contributed by atoms with Crippen LogP contribution in [0.3, 0.4) is 0 Å². The van der Waals surface area contributed by atoms with Crippen molar-refractivity contribution >= 4 is 5.69 Å². The Balaban J connectivity index is 2.70. The van der Waals surface area contributed by atoms with Crippen molar-refractivity contribution in [3.63, 3.8) is 0 Å². The van der Waals surface area contributed by atoms with Crippen molar-refractivity contribution in [2.45, 2.75) is 20.3 Å². The molecule has 2 N–H and O–H groups in total. The van der Waals surface area contributed by atoms with Gasteiger partial charge in [0.15, 0.2) is 0 Å². The zero-order valence-electron chi connectivity index (χ0n) is 11.9. The Morgan fingerprint density at radius 3 is 2.39 bits per heavy atom. The van der Waals surface area contributed by atoms with Crippen molar-refractivity contribution in [1.29, 1.82) is 0 Å². The Bertz CT molecular complexity index is 322. The summed E-state index contributed by atoms with van der Waals surface area (Å²) in [4.78, 5) is 2.38. The molecule has 0 amide bonds. The molecule has 1 aromatic carbocycles. The van der Waals surface area contributed by atoms with E-state index in [1.807, 2.05) is 0 Å². The number of anilines is 1. The first-order chi connectivity index (χ1) is 8.67. The topological polar surface area (TPSA) is 38.5 Å². The van der Waals surface area contributed by atoms with Gasteiger partial charge in [0.2, 0.25) is 0 Å². The molecule has 0 radical (unpaired) electrons. The third kappa shape index (κ3) is 5.07. The van der Waals surface area contributed by atoms with Gasteiger partial charge in [0.05, 0.1) is 6.61 Å². The van der Waals surface area contributed by atoms with E-state index in [1.165, 1.54) is 11.3 Å². The summed E-state index contributed by atoms with van der Waals surface area (Å²) in [5.41, 5.74) is 8.13. The summed E-state index contributed by atoms with van der Waals surface area (Å²) in [5, 5.41) is 0. The van der Waals surface area contributed by atoms with Crippen LogP contribution in [0, 0.1) is 5.92 Å². The first-order valence-corrected chi connectivity index (χ1v) is 6.70. The third-order valence-electron chi connectivity index (χ3n) is 2.89. The molecule has 0 spiro atoms. The second-order valence-corrected chi connectivity index (χ2v) is 5.04. The Morgan fingerprint density at radius 1 is 1.22 bits per heavy atom. The van der Waals surface area contributed by atoms with Gasteiger partial charge < -0.3 is 15.4 Å². The van der Waals surface area contributed by atoms with Crippen LogP contribution in [0.5, 0.6) is 0 Å². The first-order valence-electron chi connectivity index (χ1n) is 6.70. The highest BCUT2D eigenvalue weighted by Crippen LogP contribution is 2.17. The van der Waals surface area contributed by atoms with Gasteiger partial charge in [0.25, 0.3) is 0 Å². The lowest BCUT2D eigenvalue weighted by molar-refractivity contribution is 0.204. The molecule has 102 valence electrons. The maximum absolute atomic E-state index is 5.56. The largest absolute Gasteiger partial charge is 0.383 e. The van der Waals surface area contributed by atoms with Gasteiger partial charge in [-0.25, -0.2) is 0 Å². The number of methoxy groups -OCH3 is 1. The maximum atomic E-state index is 5.56. The molecule has 0 aromatic heterocycles. The number of nitrogens with two attached hydrogens (primary N) is 1. The van der Waals surface area contributed by atoms with E-state index in [0.29, 0.717) is 12.5 Å². The maximum Gasteiger partial charge on any atom is 0.0637 e. The van der Waals surface area contributed by atoms with Crippen LogP contribution in [0.4, 0.5) is 5.69 Å². The summed E-state index contributed by atoms with van der Waals surface area (Å²) in [6.07, 6.45) is 0.947. The van der Waals surface area contributed by atoms with Gasteiger partial charge in [-0.2, -0.15) is 0 Å². The molecule has 0 unspecified atom stereocenters. The number of benzene rings is 1. The second-order valence-electron chi connectivity index (χ2n) is 5.04. The number of hydrogen-bond donors (Lipinski definition) is 1. The van der Waals surface area contributed by atoms with Crippen LogP contribution < -0.4 is 10.6 Å². The monoisotopic (exact) mass is 250 g/mol. The summed E-state index contributed by atoms with van der Waals surface area (Å²) in [5.74, 6) is 0.644. The van der Waals surface area contributed by atoms with Gasteiger partial charge in [0.1, 0.15) is 0 Å². The van der Waals surface area contributed by atoms with Gasteiger partial charge >= 0.3 is 0 Å². The average molecular weight is 250 g/mol. The summed E-state index contributed by atoms with van der Waals surface area (Å²) in [7, 11) is 1.75. The standard InChI is InChI=1S/C15H26N2O/c1-13(2)12-17(10-11-18-3)15-6-4-14(5-7-15)8-9-16/h4-7,13H,8-12,16H2,1-3H3. The van der Waals surface area contributed by atoms with Crippen LogP contribution in [0.1, 0.15) is 19.4 Å². The van der Waals surface area contributed by atoms with Crippen LogP contribution in [-0.2, 0) is 11.2 Å². The third-order valence-corrected chi connectivity index (χ3v) is 2.89. The van der Waals surface area contributed by atoms with Crippen molar-refractivity contribution in [1.82, 2.24) is 0 Å². The van der Waals surface area contributed by atoms with Gasteiger partial charge in [-0.15, -0.1) is 0 Å². The molecular formula is C15H26N2O. The molecule has 0 saturated carbocycles. The van der Waals surface area contributed by atoms with E-state index in [-0.39, 0.29) is 0 Å². The summed E-state index contributed by atoms with van der Waals surface area (Å²) in [6.45, 7) is 7.94. The van der Waals surface area contributed by atoms with Crippen molar-refractivity contribution < 1.29 is 4.74 Å². The van der Waals surface area contributed by atoms with Gasteiger partial charge in [0, 0.05) is 25.9 Å². The Labute approximate surface area is 111 Å². The second kappa shape index (κ2) is 8.11. The molecule has 0 aliphatic rings. The molecule has 3 heteroatoms. The van der Waals surface area contributed by atoms with Crippen molar-refractivity contribution in [2.24, 2.45) is 11.7 Å². The molecule has 0 atom stereocenters. The Kier molecular flexibility index (Phi) is 6.76. The van der Waals surface area contributed by atoms with Crippen LogP contribution in [-0.4, -0.2) is 33.4 Å². The van der Waals surface area contributed by atoms with Crippen LogP contribution in [0.15, 0.2) is 24.3 Å². The molecule has 1 aromatic rings. The highest BCUT2D eigenvalue weighted by atomic mass is 16.5. The summed E-state index contributed by atoms with van der Waals surface area (Å²) in [6, 6.07) is 8.71. The fourth-order valence-electron chi connectivity index (χ4n) is 2.01. The van der Waals surface area contributed by atoms with Crippen LogP contribution in [0.2, 0.25) is 0 Å². The van der Waals surface area contributed by atoms with Gasteiger partial charge in [-0.1, -0.05) is 26.0 Å². The molecule has 0 saturated heterocycles. The first kappa shape index (κ1) is 15.0. The molecule has 0 heterocycles. The minimum absolute atomic E-state index is 0.644. The minimum atomic E-state index is 0.644. The van der Waals surface area contributed by atoms with Gasteiger partial charge in [-0.3, -0.25) is 0 Å². The summed E-state index contributed by atoms with van der Waals surface area (Å²) < 4.78 is 5.18. The van der Waals surface area contributed by atoms with E-state index in [9.17, 15) is 0 Å². The zero-order valence-corrected chi connectivity index (χ0v) is 11.9. The predicted molar refractivity (Wildman–Crippen MR) is 78.1 cm³/mol. The highest BCUT2D eigenvalue weighted by molar-refractivity contribution is 5.47. The normalized spacial score (nSPS) is 10.9. The lowest BCUT2D eigenvalue weighted by atomic mass is 10.1. The van der Waals surface area contributed by atoms with E-state index in [1.54, 1.807) is 7.11 Å². The SMILES string of the molecule is COCCN(CC(C)C)c1ccc(CCN)cc1. The lowest BCUT2D eigenvalue weighted by Gasteiger charge is -2.26. The van der Waals surface area contributed by atoms with Crippen LogP contribution >= 0.6 is 0 Å². The van der Waals surface area contributed by atoms with Crippen LogP contribution in [0.25, 0.3) is 0 Å². The number of rotatable bonds is 8. The molecular weight excluding hydrogens is 224 g/mol. The minimum Gasteiger partial charge on any atom is -0.383 e.